The van der Waals surface area contributed by atoms with Crippen LogP contribution in [0.25, 0.3) is 5.57 Å². The van der Waals surface area contributed by atoms with Gasteiger partial charge in [-0.1, -0.05) is 44.9 Å². The molecule has 0 spiro atoms. The average Bonchev–Trinajstić information content (AvgIpc) is 3.22. The molecule has 1 nitrogen and oxygen atoms in total. The molecule has 0 radical (unpaired) electrons. The van der Waals surface area contributed by atoms with Gasteiger partial charge in [-0.2, -0.15) is 0 Å². The van der Waals surface area contributed by atoms with E-state index in [0.29, 0.717) is 10.8 Å². The number of rotatable bonds is 1. The number of allylic oxidation sites excluding steroid dienone is 4. The van der Waals surface area contributed by atoms with Gasteiger partial charge < -0.3 is 4.42 Å². The fraction of sp³-hybridized carbons (Fsp3) is 0.667. The molecular formula is C24H32O. The molecule has 1 heteroatoms. The zero-order valence-electron chi connectivity index (χ0n) is 16.1. The molecule has 1 unspecified atom stereocenters. The first-order valence-corrected chi connectivity index (χ1v) is 10.5. The van der Waals surface area contributed by atoms with Gasteiger partial charge in [0.15, 0.2) is 0 Å². The summed E-state index contributed by atoms with van der Waals surface area (Å²) in [4.78, 5) is 0. The van der Waals surface area contributed by atoms with Crippen LogP contribution in [0, 0.1) is 34.5 Å². The van der Waals surface area contributed by atoms with Crippen LogP contribution in [-0.4, -0.2) is 0 Å². The standard InChI is InChI=1S/C24H32O/c1-16-15-17-7-4-5-12-23(17,2)20-11-13-24(3)18(21-8-6-14-25-21)9-10-19(24)22(16)20/h6,8-9,14-16,19-20,22H,4-5,7,10-13H2,1-3H3/t16?,19-,20+,22-,23-,24+/m0/s1. The second kappa shape index (κ2) is 5.38. The van der Waals surface area contributed by atoms with Crippen LogP contribution in [0.2, 0.25) is 0 Å². The third-order valence-corrected chi connectivity index (χ3v) is 8.72. The molecule has 0 saturated heterocycles. The Bertz CT molecular complexity index is 723. The van der Waals surface area contributed by atoms with E-state index in [4.69, 9.17) is 4.42 Å². The third kappa shape index (κ3) is 2.07. The molecule has 0 N–H and O–H groups in total. The van der Waals surface area contributed by atoms with E-state index in [2.05, 4.69) is 39.0 Å². The summed E-state index contributed by atoms with van der Waals surface area (Å²) in [6, 6.07) is 4.20. The van der Waals surface area contributed by atoms with Crippen molar-refractivity contribution >= 4 is 5.57 Å². The number of furan rings is 1. The summed E-state index contributed by atoms with van der Waals surface area (Å²) in [5, 5.41) is 0. The van der Waals surface area contributed by atoms with Crippen LogP contribution < -0.4 is 0 Å². The van der Waals surface area contributed by atoms with Crippen LogP contribution in [0.5, 0.6) is 0 Å². The second-order valence-corrected chi connectivity index (χ2v) is 9.75. The highest BCUT2D eigenvalue weighted by Gasteiger charge is 2.58. The summed E-state index contributed by atoms with van der Waals surface area (Å²) in [7, 11) is 0. The minimum absolute atomic E-state index is 0.309. The van der Waals surface area contributed by atoms with Crippen LogP contribution in [0.4, 0.5) is 0 Å². The summed E-state index contributed by atoms with van der Waals surface area (Å²) in [5.74, 6) is 4.38. The lowest BCUT2D eigenvalue weighted by atomic mass is 9.45. The Hall–Kier alpha value is -1.24. The Morgan fingerprint density at radius 2 is 1.96 bits per heavy atom. The van der Waals surface area contributed by atoms with Gasteiger partial charge in [-0.25, -0.2) is 0 Å². The zero-order chi connectivity index (χ0) is 17.2. The van der Waals surface area contributed by atoms with Gasteiger partial charge >= 0.3 is 0 Å². The molecule has 6 atom stereocenters. The van der Waals surface area contributed by atoms with Crippen molar-refractivity contribution in [3.63, 3.8) is 0 Å². The van der Waals surface area contributed by atoms with Crippen molar-refractivity contribution in [1.29, 1.82) is 0 Å². The minimum Gasteiger partial charge on any atom is -0.465 e. The van der Waals surface area contributed by atoms with Gasteiger partial charge in [0.25, 0.3) is 0 Å². The highest BCUT2D eigenvalue weighted by molar-refractivity contribution is 5.69. The third-order valence-electron chi connectivity index (χ3n) is 8.72. The molecule has 0 aromatic carbocycles. The van der Waals surface area contributed by atoms with Crippen molar-refractivity contribution < 1.29 is 4.42 Å². The number of hydrogen-bond acceptors (Lipinski definition) is 1. The Kier molecular flexibility index (Phi) is 3.44. The molecule has 1 aromatic rings. The molecule has 1 heterocycles. The first-order valence-electron chi connectivity index (χ1n) is 10.5. The number of fused-ring (bicyclic) bond motifs is 5. The highest BCUT2D eigenvalue weighted by Crippen LogP contribution is 2.67. The Balaban J connectivity index is 1.53. The summed E-state index contributed by atoms with van der Waals surface area (Å²) >= 11 is 0. The Morgan fingerprint density at radius 3 is 2.76 bits per heavy atom. The van der Waals surface area contributed by atoms with Crippen LogP contribution in [0.15, 0.2) is 40.5 Å². The van der Waals surface area contributed by atoms with Gasteiger partial charge in [-0.05, 0) is 90.7 Å². The quantitative estimate of drug-likeness (QED) is 0.510. The van der Waals surface area contributed by atoms with E-state index in [1.54, 1.807) is 0 Å². The normalized spacial score (nSPS) is 45.9. The van der Waals surface area contributed by atoms with Crippen molar-refractivity contribution in [2.24, 2.45) is 34.5 Å². The molecule has 0 aliphatic heterocycles. The molecule has 1 aromatic heterocycles. The van der Waals surface area contributed by atoms with E-state index in [0.717, 1.165) is 29.4 Å². The molecule has 0 amide bonds. The van der Waals surface area contributed by atoms with Crippen molar-refractivity contribution in [2.75, 3.05) is 0 Å². The summed E-state index contributed by atoms with van der Waals surface area (Å²) < 4.78 is 5.82. The molecule has 4 aliphatic carbocycles. The smallest absolute Gasteiger partial charge is 0.130 e. The van der Waals surface area contributed by atoms with E-state index < -0.39 is 0 Å². The van der Waals surface area contributed by atoms with Crippen molar-refractivity contribution in [3.05, 3.63) is 41.9 Å². The minimum atomic E-state index is 0.309. The fourth-order valence-corrected chi connectivity index (χ4v) is 7.44. The molecular weight excluding hydrogens is 304 g/mol. The SMILES string of the molecule is CC1C=C2CCCC[C@]2(C)[C@@H]2CC[C@]3(C)C(c4ccco4)=CC[C@H]3[C@H]12. The lowest BCUT2D eigenvalue weighted by Gasteiger charge is -2.59. The first-order chi connectivity index (χ1) is 12.0. The maximum atomic E-state index is 5.82. The molecule has 134 valence electrons. The van der Waals surface area contributed by atoms with Gasteiger partial charge in [0, 0.05) is 0 Å². The van der Waals surface area contributed by atoms with Crippen LogP contribution >= 0.6 is 0 Å². The summed E-state index contributed by atoms with van der Waals surface area (Å²) in [6.07, 6.45) is 16.7. The Labute approximate surface area is 152 Å². The van der Waals surface area contributed by atoms with Crippen molar-refractivity contribution in [3.8, 4) is 0 Å². The van der Waals surface area contributed by atoms with Crippen molar-refractivity contribution in [2.45, 2.75) is 65.7 Å². The zero-order valence-corrected chi connectivity index (χ0v) is 16.1. The summed E-state index contributed by atoms with van der Waals surface area (Å²) in [5.41, 5.74) is 4.11. The highest BCUT2D eigenvalue weighted by atomic mass is 16.3. The largest absolute Gasteiger partial charge is 0.465 e. The van der Waals surface area contributed by atoms with Gasteiger partial charge in [-0.15, -0.1) is 0 Å². The Morgan fingerprint density at radius 1 is 1.08 bits per heavy atom. The number of hydrogen-bond donors (Lipinski definition) is 0. The summed E-state index contributed by atoms with van der Waals surface area (Å²) in [6.45, 7) is 7.65. The predicted octanol–water partition coefficient (Wildman–Crippen LogP) is 6.87. The van der Waals surface area contributed by atoms with E-state index in [1.807, 2.05) is 17.9 Å². The molecule has 2 saturated carbocycles. The fourth-order valence-electron chi connectivity index (χ4n) is 7.44. The van der Waals surface area contributed by atoms with Gasteiger partial charge in [0.05, 0.1) is 6.26 Å². The molecule has 0 bridgehead atoms. The van der Waals surface area contributed by atoms with E-state index in [-0.39, 0.29) is 0 Å². The lowest BCUT2D eigenvalue weighted by molar-refractivity contribution is -0.0316. The van der Waals surface area contributed by atoms with Crippen LogP contribution in [0.1, 0.15) is 71.5 Å². The van der Waals surface area contributed by atoms with Crippen molar-refractivity contribution in [1.82, 2.24) is 0 Å². The molecule has 5 rings (SSSR count). The molecule has 25 heavy (non-hydrogen) atoms. The lowest BCUT2D eigenvalue weighted by Crippen LogP contribution is -2.51. The monoisotopic (exact) mass is 336 g/mol. The van der Waals surface area contributed by atoms with E-state index in [9.17, 15) is 0 Å². The first kappa shape index (κ1) is 16.0. The van der Waals surface area contributed by atoms with E-state index >= 15 is 0 Å². The van der Waals surface area contributed by atoms with Gasteiger partial charge in [0.1, 0.15) is 5.76 Å². The predicted molar refractivity (Wildman–Crippen MR) is 103 cm³/mol. The van der Waals surface area contributed by atoms with E-state index in [1.165, 1.54) is 50.5 Å². The maximum Gasteiger partial charge on any atom is 0.130 e. The van der Waals surface area contributed by atoms with Crippen LogP contribution in [-0.2, 0) is 0 Å². The van der Waals surface area contributed by atoms with Gasteiger partial charge in [-0.3, -0.25) is 0 Å². The molecule has 4 aliphatic rings. The average molecular weight is 337 g/mol. The maximum absolute atomic E-state index is 5.82. The topological polar surface area (TPSA) is 13.1 Å². The molecule has 2 fully saturated rings. The van der Waals surface area contributed by atoms with Gasteiger partial charge in [0.2, 0.25) is 0 Å². The van der Waals surface area contributed by atoms with Crippen LogP contribution in [0.3, 0.4) is 0 Å². The second-order valence-electron chi connectivity index (χ2n) is 9.75.